The van der Waals surface area contributed by atoms with Gasteiger partial charge in [0.1, 0.15) is 22.7 Å². The van der Waals surface area contributed by atoms with Crippen molar-refractivity contribution in [3.8, 4) is 5.75 Å². The van der Waals surface area contributed by atoms with Crippen molar-refractivity contribution in [1.82, 2.24) is 4.98 Å². The Balaban J connectivity index is 2.10. The summed E-state index contributed by atoms with van der Waals surface area (Å²) in [5.41, 5.74) is -0.356. The Morgan fingerprint density at radius 1 is 1.04 bits per heavy atom. The van der Waals surface area contributed by atoms with E-state index in [-0.39, 0.29) is 5.75 Å². The molecule has 0 fully saturated rings. The smallest absolute Gasteiger partial charge is 0.349 e. The highest BCUT2D eigenvalue weighted by Gasteiger charge is 2.22. The lowest BCUT2D eigenvalue weighted by atomic mass is 10.2. The third-order valence-corrected chi connectivity index (χ3v) is 4.36. The first-order valence-corrected chi connectivity index (χ1v) is 7.96. The van der Waals surface area contributed by atoms with Crippen LogP contribution in [-0.4, -0.2) is 11.0 Å². The van der Waals surface area contributed by atoms with Crippen molar-refractivity contribution in [1.29, 1.82) is 0 Å². The molecule has 0 amide bonds. The lowest BCUT2D eigenvalue weighted by Crippen LogP contribution is -2.13. The molecule has 0 N–H and O–H groups in total. The number of benzene rings is 2. The Labute approximate surface area is 146 Å². The van der Waals surface area contributed by atoms with Crippen LogP contribution in [0.4, 0.5) is 8.78 Å². The fourth-order valence-electron chi connectivity index (χ4n) is 2.08. The molecule has 0 atom stereocenters. The number of nitrogens with zero attached hydrogens (tertiary/aromatic N) is 1. The summed E-state index contributed by atoms with van der Waals surface area (Å²) in [4.78, 5) is 16.3. The van der Waals surface area contributed by atoms with Crippen molar-refractivity contribution in [3.05, 3.63) is 68.7 Å². The summed E-state index contributed by atoms with van der Waals surface area (Å²) in [6.45, 7) is 0. The summed E-state index contributed by atoms with van der Waals surface area (Å²) in [5, 5.41) is 0.701. The first-order valence-electron chi connectivity index (χ1n) is 6.38. The van der Waals surface area contributed by atoms with Gasteiger partial charge >= 0.3 is 5.97 Å². The van der Waals surface area contributed by atoms with E-state index in [4.69, 9.17) is 4.74 Å². The SMILES string of the molecule is O=C(Oc1c(Br)cc(Br)c2cccnc12)c1c(F)cccc1F. The molecule has 0 aliphatic heterocycles. The molecule has 1 aromatic heterocycles. The fraction of sp³-hybridized carbons (Fsp3) is 0. The summed E-state index contributed by atoms with van der Waals surface area (Å²) in [5.74, 6) is -3.01. The molecule has 0 unspecified atom stereocenters. The summed E-state index contributed by atoms with van der Waals surface area (Å²) >= 11 is 6.66. The lowest BCUT2D eigenvalue weighted by Gasteiger charge is -2.11. The number of halogens is 4. The Morgan fingerprint density at radius 3 is 2.43 bits per heavy atom. The lowest BCUT2D eigenvalue weighted by molar-refractivity contribution is 0.0725. The number of aromatic nitrogens is 1. The third kappa shape index (κ3) is 2.98. The molecule has 3 rings (SSSR count). The Morgan fingerprint density at radius 2 is 1.74 bits per heavy atom. The Bertz CT molecular complexity index is 911. The molecule has 23 heavy (non-hydrogen) atoms. The Kier molecular flexibility index (Phi) is 4.41. The predicted octanol–water partition coefficient (Wildman–Crippen LogP) is 5.26. The molecule has 1 heterocycles. The van der Waals surface area contributed by atoms with Gasteiger partial charge in [0.05, 0.1) is 4.47 Å². The van der Waals surface area contributed by atoms with Crippen molar-refractivity contribution in [2.75, 3.05) is 0 Å². The van der Waals surface area contributed by atoms with Crippen molar-refractivity contribution >= 4 is 48.7 Å². The molecule has 0 aliphatic carbocycles. The number of fused-ring (bicyclic) bond motifs is 1. The summed E-state index contributed by atoms with van der Waals surface area (Å²) in [6, 6.07) is 8.33. The summed E-state index contributed by atoms with van der Waals surface area (Å²) in [6.07, 6.45) is 1.53. The zero-order chi connectivity index (χ0) is 16.6. The molecule has 116 valence electrons. The van der Waals surface area contributed by atoms with Crippen LogP contribution in [0.1, 0.15) is 10.4 Å². The van der Waals surface area contributed by atoms with E-state index in [0.717, 1.165) is 16.6 Å². The second-order valence-electron chi connectivity index (χ2n) is 4.56. The molecular weight excluding hydrogens is 436 g/mol. The van der Waals surface area contributed by atoms with E-state index in [1.165, 1.54) is 12.3 Å². The first-order chi connectivity index (χ1) is 11.0. The van der Waals surface area contributed by atoms with Gasteiger partial charge in [-0.15, -0.1) is 0 Å². The maximum absolute atomic E-state index is 13.7. The average molecular weight is 443 g/mol. The van der Waals surface area contributed by atoms with Gasteiger partial charge in [0.25, 0.3) is 0 Å². The van der Waals surface area contributed by atoms with Gasteiger partial charge in [-0.1, -0.05) is 28.1 Å². The van der Waals surface area contributed by atoms with Crippen molar-refractivity contribution < 1.29 is 18.3 Å². The van der Waals surface area contributed by atoms with E-state index < -0.39 is 23.2 Å². The molecule has 0 bridgehead atoms. The van der Waals surface area contributed by atoms with Crippen molar-refractivity contribution in [3.63, 3.8) is 0 Å². The van der Waals surface area contributed by atoms with E-state index in [2.05, 4.69) is 36.8 Å². The molecule has 2 aromatic carbocycles. The summed E-state index contributed by atoms with van der Waals surface area (Å²) < 4.78 is 33.8. The maximum Gasteiger partial charge on any atom is 0.349 e. The third-order valence-electron chi connectivity index (χ3n) is 3.11. The quantitative estimate of drug-likeness (QED) is 0.401. The maximum atomic E-state index is 13.7. The van der Waals surface area contributed by atoms with Crippen LogP contribution in [0.5, 0.6) is 5.75 Å². The van der Waals surface area contributed by atoms with Gasteiger partial charge in [-0.25, -0.2) is 13.6 Å². The van der Waals surface area contributed by atoms with Gasteiger partial charge in [0.15, 0.2) is 5.75 Å². The highest BCUT2D eigenvalue weighted by atomic mass is 79.9. The summed E-state index contributed by atoms with van der Waals surface area (Å²) in [7, 11) is 0. The first kappa shape index (κ1) is 16.0. The average Bonchev–Trinajstić information content (AvgIpc) is 2.51. The van der Waals surface area contributed by atoms with E-state index in [1.54, 1.807) is 18.2 Å². The van der Waals surface area contributed by atoms with E-state index in [0.29, 0.717) is 15.4 Å². The number of carbonyl (C=O) groups is 1. The Hall–Kier alpha value is -1.86. The highest BCUT2D eigenvalue weighted by molar-refractivity contribution is 9.11. The highest BCUT2D eigenvalue weighted by Crippen LogP contribution is 2.37. The minimum atomic E-state index is -1.13. The number of carbonyl (C=O) groups excluding carboxylic acids is 1. The van der Waals surface area contributed by atoms with Crippen LogP contribution in [0.2, 0.25) is 0 Å². The number of esters is 1. The van der Waals surface area contributed by atoms with Gasteiger partial charge in [0, 0.05) is 16.1 Å². The zero-order valence-electron chi connectivity index (χ0n) is 11.3. The van der Waals surface area contributed by atoms with Crippen LogP contribution in [0.3, 0.4) is 0 Å². The van der Waals surface area contributed by atoms with Crippen molar-refractivity contribution in [2.45, 2.75) is 0 Å². The minimum absolute atomic E-state index is 0.0939. The monoisotopic (exact) mass is 441 g/mol. The largest absolute Gasteiger partial charge is 0.419 e. The number of hydrogen-bond acceptors (Lipinski definition) is 3. The molecule has 3 nitrogen and oxygen atoms in total. The number of ether oxygens (including phenoxy) is 1. The molecule has 0 spiro atoms. The molecule has 0 radical (unpaired) electrons. The number of hydrogen-bond donors (Lipinski definition) is 0. The predicted molar refractivity (Wildman–Crippen MR) is 88.5 cm³/mol. The number of pyridine rings is 1. The molecular formula is C16H7Br2F2NO2. The second kappa shape index (κ2) is 6.33. The van der Waals surface area contributed by atoms with Crippen LogP contribution in [0.15, 0.2) is 51.5 Å². The van der Waals surface area contributed by atoms with Crippen LogP contribution >= 0.6 is 31.9 Å². The van der Waals surface area contributed by atoms with Gasteiger partial charge in [0.2, 0.25) is 0 Å². The molecule has 3 aromatic rings. The van der Waals surface area contributed by atoms with Crippen LogP contribution in [0, 0.1) is 11.6 Å². The van der Waals surface area contributed by atoms with Gasteiger partial charge in [-0.2, -0.15) is 0 Å². The zero-order valence-corrected chi connectivity index (χ0v) is 14.5. The minimum Gasteiger partial charge on any atom is -0.419 e. The number of rotatable bonds is 2. The van der Waals surface area contributed by atoms with Gasteiger partial charge in [-0.05, 0) is 40.2 Å². The fourth-order valence-corrected chi connectivity index (χ4v) is 3.43. The second-order valence-corrected chi connectivity index (χ2v) is 6.26. The van der Waals surface area contributed by atoms with Crippen molar-refractivity contribution in [2.24, 2.45) is 0 Å². The van der Waals surface area contributed by atoms with Gasteiger partial charge in [-0.3, -0.25) is 4.98 Å². The molecule has 0 aliphatic rings. The molecule has 0 saturated heterocycles. The normalized spacial score (nSPS) is 10.8. The molecule has 7 heteroatoms. The van der Waals surface area contributed by atoms with E-state index in [1.807, 2.05) is 0 Å². The van der Waals surface area contributed by atoms with Gasteiger partial charge < -0.3 is 4.74 Å². The topological polar surface area (TPSA) is 39.2 Å². The standard InChI is InChI=1S/C16H7Br2F2NO2/c17-9-7-10(18)15(14-8(9)3-2-6-21-14)23-16(22)13-11(19)4-1-5-12(13)20/h1-7H. The van der Waals surface area contributed by atoms with Crippen LogP contribution in [0.25, 0.3) is 10.9 Å². The van der Waals surface area contributed by atoms with Crippen LogP contribution in [-0.2, 0) is 0 Å². The van der Waals surface area contributed by atoms with Crippen LogP contribution < -0.4 is 4.74 Å². The van der Waals surface area contributed by atoms with E-state index >= 15 is 0 Å². The molecule has 0 saturated carbocycles. The van der Waals surface area contributed by atoms with E-state index in [9.17, 15) is 13.6 Å².